The number of hydrogen-bond donors (Lipinski definition) is 1. The van der Waals surface area contributed by atoms with Gasteiger partial charge in [-0.2, -0.15) is 0 Å². The molecule has 0 radical (unpaired) electrons. The van der Waals surface area contributed by atoms with Crippen LogP contribution in [0.3, 0.4) is 0 Å². The van der Waals surface area contributed by atoms with Gasteiger partial charge in [-0.05, 0) is 13.0 Å². The van der Waals surface area contributed by atoms with E-state index in [1.807, 2.05) is 48.1 Å². The van der Waals surface area contributed by atoms with Gasteiger partial charge in [0.25, 0.3) is 0 Å². The van der Waals surface area contributed by atoms with Crippen molar-refractivity contribution in [3.05, 3.63) is 58.8 Å². The van der Waals surface area contributed by atoms with Crippen molar-refractivity contribution in [2.45, 2.75) is 12.5 Å². The van der Waals surface area contributed by atoms with Crippen LogP contribution in [0.5, 0.6) is 0 Å². The van der Waals surface area contributed by atoms with E-state index in [0.717, 1.165) is 37.0 Å². The number of sulfonamides is 1. The molecule has 8 nitrogen and oxygen atoms in total. The second kappa shape index (κ2) is 7.54. The van der Waals surface area contributed by atoms with Crippen molar-refractivity contribution in [3.63, 3.8) is 0 Å². The number of halogens is 1. The van der Waals surface area contributed by atoms with Crippen LogP contribution in [-0.4, -0.2) is 46.0 Å². The number of nitrogens with two attached hydrogens (primary N) is 1. The van der Waals surface area contributed by atoms with Gasteiger partial charge in [0.15, 0.2) is 0 Å². The van der Waals surface area contributed by atoms with E-state index in [1.54, 1.807) is 19.3 Å². The number of aromatic nitrogens is 3. The fraction of sp³-hybridized carbons (Fsp3) is 0.227. The second-order valence-electron chi connectivity index (χ2n) is 8.19. The zero-order chi connectivity index (χ0) is 23.5. The van der Waals surface area contributed by atoms with Gasteiger partial charge in [-0.15, -0.1) is 11.3 Å². The van der Waals surface area contributed by atoms with Crippen molar-refractivity contribution in [1.82, 2.24) is 18.8 Å². The number of pyridine rings is 1. The van der Waals surface area contributed by atoms with Crippen molar-refractivity contribution in [1.29, 1.82) is 0 Å². The molecule has 1 unspecified atom stereocenters. The summed E-state index contributed by atoms with van der Waals surface area (Å²) in [6, 6.07) is 9.84. The number of nitrogens with zero attached hydrogens (tertiary/aromatic N) is 5. The van der Waals surface area contributed by atoms with Crippen LogP contribution in [0.4, 0.5) is 0 Å². The number of thiophene rings is 1. The largest absolute Gasteiger partial charge is 0.369 e. The molecule has 0 fully saturated rings. The third kappa shape index (κ3) is 3.49. The molecule has 4 heterocycles. The third-order valence-corrected chi connectivity index (χ3v) is 9.75. The molecule has 33 heavy (non-hydrogen) atoms. The highest BCUT2D eigenvalue weighted by molar-refractivity contribution is 7.89. The summed E-state index contributed by atoms with van der Waals surface area (Å²) >= 11 is 8.18. The monoisotopic (exact) mass is 500 g/mol. The van der Waals surface area contributed by atoms with Gasteiger partial charge in [0.2, 0.25) is 16.0 Å². The van der Waals surface area contributed by atoms with Crippen LogP contribution in [-0.2, 0) is 22.6 Å². The summed E-state index contributed by atoms with van der Waals surface area (Å²) in [5, 5.41) is 1.28. The molecule has 5 rings (SSSR count). The molecule has 0 aliphatic carbocycles. The lowest BCUT2D eigenvalue weighted by Gasteiger charge is -2.33. The van der Waals surface area contributed by atoms with E-state index >= 15 is 0 Å². The molecule has 3 aromatic heterocycles. The van der Waals surface area contributed by atoms with Gasteiger partial charge in [-0.25, -0.2) is 22.7 Å². The molecule has 1 aliphatic rings. The maximum Gasteiger partial charge on any atom is 0.239 e. The Morgan fingerprint density at radius 1 is 1.09 bits per heavy atom. The highest BCUT2D eigenvalue weighted by Gasteiger charge is 2.43. The topological polar surface area (TPSA) is 106 Å². The van der Waals surface area contributed by atoms with Crippen LogP contribution in [0.1, 0.15) is 11.8 Å². The molecule has 0 bridgehead atoms. The van der Waals surface area contributed by atoms with Gasteiger partial charge in [0.1, 0.15) is 11.4 Å². The average Bonchev–Trinajstić information content (AvgIpc) is 3.35. The van der Waals surface area contributed by atoms with Crippen LogP contribution in [0, 0.1) is 0 Å². The lowest BCUT2D eigenvalue weighted by atomic mass is 10.0. The minimum atomic E-state index is -3.61. The van der Waals surface area contributed by atoms with Crippen molar-refractivity contribution >= 4 is 49.0 Å². The number of guanidine groups is 1. The molecule has 1 aromatic carbocycles. The Hall–Kier alpha value is -2.95. The Morgan fingerprint density at radius 2 is 1.79 bits per heavy atom. The van der Waals surface area contributed by atoms with Crippen molar-refractivity contribution in [2.24, 2.45) is 17.8 Å². The Bertz CT molecular complexity index is 1520. The predicted octanol–water partition coefficient (Wildman–Crippen LogP) is 3.82. The number of hydrogen-bond acceptors (Lipinski definition) is 7. The first-order chi connectivity index (χ1) is 15.6. The quantitative estimate of drug-likeness (QED) is 0.460. The van der Waals surface area contributed by atoms with E-state index in [0.29, 0.717) is 9.90 Å². The summed E-state index contributed by atoms with van der Waals surface area (Å²) in [5.41, 5.74) is 7.54. The Kier molecular flexibility index (Phi) is 5.00. The molecule has 4 aromatic rings. The van der Waals surface area contributed by atoms with Gasteiger partial charge in [0, 0.05) is 49.2 Å². The molecule has 0 amide bonds. The molecule has 0 saturated carbocycles. The standard InChI is InChI=1S/C22H21ClN6O2S2/c1-22(12-33(30,31)29(3)21(24)27-22)19-16(23)15-8-9-25-17(18(15)32-19)13-4-6-14(7-5-13)20-26-10-11-28(20)2/h4-11H,12H2,1-3H3,(H2,24,27). The number of benzene rings is 1. The summed E-state index contributed by atoms with van der Waals surface area (Å²) in [5.74, 6) is 0.603. The van der Waals surface area contributed by atoms with Crippen LogP contribution < -0.4 is 5.73 Å². The maximum absolute atomic E-state index is 12.7. The average molecular weight is 501 g/mol. The minimum absolute atomic E-state index is 0.0551. The molecular formula is C22H21ClN6O2S2. The van der Waals surface area contributed by atoms with Crippen molar-refractivity contribution < 1.29 is 8.42 Å². The second-order valence-corrected chi connectivity index (χ2v) is 11.6. The smallest absolute Gasteiger partial charge is 0.239 e. The number of imidazole rings is 1. The van der Waals surface area contributed by atoms with E-state index in [1.165, 1.54) is 18.4 Å². The third-order valence-electron chi connectivity index (χ3n) is 5.84. The first-order valence-corrected chi connectivity index (χ1v) is 12.9. The minimum Gasteiger partial charge on any atom is -0.369 e. The van der Waals surface area contributed by atoms with E-state index in [-0.39, 0.29) is 11.7 Å². The van der Waals surface area contributed by atoms with Gasteiger partial charge in [0.05, 0.1) is 26.0 Å². The maximum atomic E-state index is 12.7. The van der Waals surface area contributed by atoms with Crippen LogP contribution in [0.25, 0.3) is 32.7 Å². The van der Waals surface area contributed by atoms with Gasteiger partial charge >= 0.3 is 0 Å². The Morgan fingerprint density at radius 3 is 2.42 bits per heavy atom. The SMILES string of the molecule is CN1C(N)=NC(C)(c2sc3c(-c4ccc(-c5nccn5C)cc4)nccc3c2Cl)CS1(=O)=O. The summed E-state index contributed by atoms with van der Waals surface area (Å²) in [6.45, 7) is 1.75. The summed E-state index contributed by atoms with van der Waals surface area (Å²) in [4.78, 5) is 14.2. The lowest BCUT2D eigenvalue weighted by Crippen LogP contribution is -2.50. The van der Waals surface area contributed by atoms with Crippen LogP contribution in [0.2, 0.25) is 5.02 Å². The molecule has 0 spiro atoms. The number of aryl methyl sites for hydroxylation is 1. The van der Waals surface area contributed by atoms with Gasteiger partial charge < -0.3 is 10.3 Å². The number of aliphatic imine (C=N–C) groups is 1. The van der Waals surface area contributed by atoms with Crippen molar-refractivity contribution in [2.75, 3.05) is 12.8 Å². The first-order valence-electron chi connectivity index (χ1n) is 10.1. The zero-order valence-electron chi connectivity index (χ0n) is 18.2. The Labute approximate surface area is 200 Å². The summed E-state index contributed by atoms with van der Waals surface area (Å²) in [6.07, 6.45) is 5.37. The van der Waals surface area contributed by atoms with E-state index < -0.39 is 15.6 Å². The first kappa shape index (κ1) is 21.9. The normalized spacial score (nSPS) is 20.2. The molecule has 1 aliphatic heterocycles. The highest BCUT2D eigenvalue weighted by Crippen LogP contribution is 2.47. The molecular weight excluding hydrogens is 480 g/mol. The zero-order valence-corrected chi connectivity index (χ0v) is 20.5. The molecule has 1 atom stereocenters. The number of fused-ring (bicyclic) bond motifs is 1. The fourth-order valence-electron chi connectivity index (χ4n) is 4.03. The number of rotatable bonds is 3. The van der Waals surface area contributed by atoms with E-state index in [9.17, 15) is 8.42 Å². The van der Waals surface area contributed by atoms with Crippen molar-refractivity contribution in [3.8, 4) is 22.6 Å². The van der Waals surface area contributed by atoms with Gasteiger partial charge in [-0.3, -0.25) is 4.98 Å². The van der Waals surface area contributed by atoms with Crippen LogP contribution >= 0.6 is 22.9 Å². The van der Waals surface area contributed by atoms with E-state index in [2.05, 4.69) is 15.0 Å². The summed E-state index contributed by atoms with van der Waals surface area (Å²) in [7, 11) is -0.260. The molecule has 0 saturated heterocycles. The highest BCUT2D eigenvalue weighted by atomic mass is 35.5. The molecule has 2 N–H and O–H groups in total. The molecule has 170 valence electrons. The fourth-order valence-corrected chi connectivity index (χ4v) is 7.38. The van der Waals surface area contributed by atoms with Crippen LogP contribution in [0.15, 0.2) is 53.9 Å². The summed E-state index contributed by atoms with van der Waals surface area (Å²) < 4.78 is 29.1. The van der Waals surface area contributed by atoms with Gasteiger partial charge in [-0.1, -0.05) is 35.9 Å². The predicted molar refractivity (Wildman–Crippen MR) is 133 cm³/mol. The van der Waals surface area contributed by atoms with E-state index in [4.69, 9.17) is 17.3 Å². The molecule has 11 heteroatoms. The lowest BCUT2D eigenvalue weighted by molar-refractivity contribution is 0.482. The Balaban J connectivity index is 1.63.